The maximum Gasteiger partial charge on any atom is 0.416 e. The molecule has 0 saturated carbocycles. The molecule has 190 valence electrons. The fourth-order valence-corrected chi connectivity index (χ4v) is 4.26. The molecule has 1 aliphatic rings. The molecule has 36 heavy (non-hydrogen) atoms. The molecule has 0 radical (unpaired) electrons. The third-order valence-electron chi connectivity index (χ3n) is 6.25. The first-order chi connectivity index (χ1) is 17.3. The molecule has 1 atom stereocenters. The van der Waals surface area contributed by atoms with Crippen molar-refractivity contribution < 1.29 is 27.5 Å². The number of morpholine rings is 1. The van der Waals surface area contributed by atoms with Gasteiger partial charge in [0.2, 0.25) is 5.91 Å². The predicted molar refractivity (Wildman–Crippen MR) is 130 cm³/mol. The molecule has 9 heteroatoms. The standard InChI is InChI=1S/C27H28F3N3O3/c28-27(29,30)23-9-7-20(8-10-23)24(33-13-15-36-16-14-33)18-32-25(34)11-12-31-26(35)22-6-5-19-3-1-2-4-21(19)17-22/h1-10,17,24H,11-16,18H2,(H,31,35)(H,32,34). The zero-order valence-corrected chi connectivity index (χ0v) is 19.7. The normalized spacial score (nSPS) is 15.4. The molecule has 0 spiro atoms. The summed E-state index contributed by atoms with van der Waals surface area (Å²) in [5.74, 6) is -0.511. The van der Waals surface area contributed by atoms with Crippen LogP contribution in [-0.2, 0) is 15.7 Å². The van der Waals surface area contributed by atoms with E-state index in [0.29, 0.717) is 37.4 Å². The van der Waals surface area contributed by atoms with Crippen LogP contribution in [0.4, 0.5) is 13.2 Å². The van der Waals surface area contributed by atoms with Gasteiger partial charge in [-0.15, -0.1) is 0 Å². The number of ether oxygens (including phenoxy) is 1. The molecule has 1 fully saturated rings. The number of hydrogen-bond acceptors (Lipinski definition) is 4. The van der Waals surface area contributed by atoms with Gasteiger partial charge in [0.15, 0.2) is 0 Å². The SMILES string of the molecule is O=C(CCNC(=O)c1ccc2ccccc2c1)NCC(c1ccc(C(F)(F)F)cc1)N1CCOCC1. The van der Waals surface area contributed by atoms with E-state index in [-0.39, 0.29) is 37.4 Å². The lowest BCUT2D eigenvalue weighted by molar-refractivity contribution is -0.137. The lowest BCUT2D eigenvalue weighted by Crippen LogP contribution is -2.44. The maximum absolute atomic E-state index is 13.0. The Labute approximate surface area is 207 Å². The van der Waals surface area contributed by atoms with Gasteiger partial charge in [0.25, 0.3) is 5.91 Å². The van der Waals surface area contributed by atoms with Gasteiger partial charge < -0.3 is 15.4 Å². The first-order valence-corrected chi connectivity index (χ1v) is 11.8. The third kappa shape index (κ3) is 6.61. The first kappa shape index (κ1) is 25.7. The second kappa shape index (κ2) is 11.5. The second-order valence-electron chi connectivity index (χ2n) is 8.66. The van der Waals surface area contributed by atoms with Gasteiger partial charge in [0.1, 0.15) is 0 Å². The van der Waals surface area contributed by atoms with Crippen LogP contribution < -0.4 is 10.6 Å². The highest BCUT2D eigenvalue weighted by Gasteiger charge is 2.31. The van der Waals surface area contributed by atoms with Crippen molar-refractivity contribution in [3.8, 4) is 0 Å². The van der Waals surface area contributed by atoms with E-state index in [4.69, 9.17) is 4.74 Å². The van der Waals surface area contributed by atoms with Crippen LogP contribution in [0.25, 0.3) is 10.8 Å². The number of rotatable bonds is 8. The van der Waals surface area contributed by atoms with Crippen molar-refractivity contribution in [3.63, 3.8) is 0 Å². The number of benzene rings is 3. The van der Waals surface area contributed by atoms with E-state index in [1.165, 1.54) is 12.1 Å². The van der Waals surface area contributed by atoms with Crippen molar-refractivity contribution in [2.75, 3.05) is 39.4 Å². The van der Waals surface area contributed by atoms with Crippen molar-refractivity contribution in [2.45, 2.75) is 18.6 Å². The van der Waals surface area contributed by atoms with Crippen LogP contribution in [-0.4, -0.2) is 56.1 Å². The van der Waals surface area contributed by atoms with Crippen molar-refractivity contribution in [1.29, 1.82) is 0 Å². The summed E-state index contributed by atoms with van der Waals surface area (Å²) in [5.41, 5.74) is 0.497. The molecule has 4 rings (SSSR count). The van der Waals surface area contributed by atoms with Crippen LogP contribution >= 0.6 is 0 Å². The zero-order chi connectivity index (χ0) is 25.5. The smallest absolute Gasteiger partial charge is 0.379 e. The molecule has 0 aromatic heterocycles. The molecule has 2 N–H and O–H groups in total. The number of fused-ring (bicyclic) bond motifs is 1. The highest BCUT2D eigenvalue weighted by atomic mass is 19.4. The number of carbonyl (C=O) groups excluding carboxylic acids is 2. The quantitative estimate of drug-likeness (QED) is 0.488. The van der Waals surface area contributed by atoms with Crippen LogP contribution in [0.15, 0.2) is 66.7 Å². The number of hydrogen-bond donors (Lipinski definition) is 2. The lowest BCUT2D eigenvalue weighted by Gasteiger charge is -2.35. The number of carbonyl (C=O) groups is 2. The molecule has 1 saturated heterocycles. The Morgan fingerprint density at radius 2 is 1.61 bits per heavy atom. The highest BCUT2D eigenvalue weighted by molar-refractivity contribution is 5.98. The number of halogens is 3. The summed E-state index contributed by atoms with van der Waals surface area (Å²) in [5, 5.41) is 7.63. The Morgan fingerprint density at radius 1 is 0.917 bits per heavy atom. The largest absolute Gasteiger partial charge is 0.416 e. The molecule has 0 bridgehead atoms. The van der Waals surface area contributed by atoms with E-state index < -0.39 is 11.7 Å². The number of nitrogens with zero attached hydrogens (tertiary/aromatic N) is 1. The van der Waals surface area contributed by atoms with Crippen LogP contribution in [0.1, 0.15) is 33.9 Å². The van der Waals surface area contributed by atoms with Crippen molar-refractivity contribution in [1.82, 2.24) is 15.5 Å². The van der Waals surface area contributed by atoms with E-state index in [2.05, 4.69) is 15.5 Å². The summed E-state index contributed by atoms with van der Waals surface area (Å²) >= 11 is 0. The van der Waals surface area contributed by atoms with Gasteiger partial charge in [-0.3, -0.25) is 14.5 Å². The third-order valence-corrected chi connectivity index (χ3v) is 6.25. The molecule has 0 aliphatic carbocycles. The summed E-state index contributed by atoms with van der Waals surface area (Å²) in [4.78, 5) is 27.1. The number of alkyl halides is 3. The molecule has 1 heterocycles. The monoisotopic (exact) mass is 499 g/mol. The first-order valence-electron chi connectivity index (χ1n) is 11.8. The van der Waals surface area contributed by atoms with Gasteiger partial charge in [0.05, 0.1) is 24.8 Å². The van der Waals surface area contributed by atoms with Crippen molar-refractivity contribution in [3.05, 3.63) is 83.4 Å². The van der Waals surface area contributed by atoms with Gasteiger partial charge >= 0.3 is 6.18 Å². The molecule has 1 unspecified atom stereocenters. The second-order valence-corrected chi connectivity index (χ2v) is 8.66. The van der Waals surface area contributed by atoms with E-state index in [1.807, 2.05) is 36.4 Å². The summed E-state index contributed by atoms with van der Waals surface area (Å²) in [7, 11) is 0. The minimum atomic E-state index is -4.40. The molecule has 6 nitrogen and oxygen atoms in total. The van der Waals surface area contributed by atoms with Crippen LogP contribution in [0.3, 0.4) is 0 Å². The molecular formula is C27H28F3N3O3. The Kier molecular flexibility index (Phi) is 8.22. The molecular weight excluding hydrogens is 471 g/mol. The minimum Gasteiger partial charge on any atom is -0.379 e. The average Bonchev–Trinajstić information content (AvgIpc) is 2.89. The summed E-state index contributed by atoms with van der Waals surface area (Å²) in [6.07, 6.45) is -4.32. The van der Waals surface area contributed by atoms with Gasteiger partial charge in [0, 0.05) is 38.2 Å². The zero-order valence-electron chi connectivity index (χ0n) is 19.7. The van der Waals surface area contributed by atoms with Gasteiger partial charge in [-0.25, -0.2) is 0 Å². The minimum absolute atomic E-state index is 0.0855. The van der Waals surface area contributed by atoms with E-state index in [9.17, 15) is 22.8 Å². The molecule has 3 aromatic rings. The lowest BCUT2D eigenvalue weighted by atomic mass is 10.0. The van der Waals surface area contributed by atoms with Crippen LogP contribution in [0.5, 0.6) is 0 Å². The van der Waals surface area contributed by atoms with Gasteiger partial charge in [-0.1, -0.05) is 42.5 Å². The average molecular weight is 500 g/mol. The highest BCUT2D eigenvalue weighted by Crippen LogP contribution is 2.31. The van der Waals surface area contributed by atoms with E-state index >= 15 is 0 Å². The van der Waals surface area contributed by atoms with Gasteiger partial charge in [-0.2, -0.15) is 13.2 Å². The summed E-state index contributed by atoms with van der Waals surface area (Å²) in [6.45, 7) is 2.67. The Morgan fingerprint density at radius 3 is 2.31 bits per heavy atom. The Balaban J connectivity index is 1.31. The van der Waals surface area contributed by atoms with Gasteiger partial charge in [-0.05, 0) is 40.6 Å². The summed E-state index contributed by atoms with van der Waals surface area (Å²) < 4.78 is 44.3. The van der Waals surface area contributed by atoms with Crippen molar-refractivity contribution >= 4 is 22.6 Å². The molecule has 1 aliphatic heterocycles. The van der Waals surface area contributed by atoms with Crippen LogP contribution in [0.2, 0.25) is 0 Å². The molecule has 2 amide bonds. The fourth-order valence-electron chi connectivity index (χ4n) is 4.26. The summed E-state index contributed by atoms with van der Waals surface area (Å²) in [6, 6.07) is 17.9. The van der Waals surface area contributed by atoms with E-state index in [0.717, 1.165) is 22.9 Å². The number of nitrogens with one attached hydrogen (secondary N) is 2. The van der Waals surface area contributed by atoms with Crippen molar-refractivity contribution in [2.24, 2.45) is 0 Å². The fraction of sp³-hybridized carbons (Fsp3) is 0.333. The number of amides is 2. The predicted octanol–water partition coefficient (Wildman–Crippen LogP) is 4.17. The topological polar surface area (TPSA) is 70.7 Å². The Bertz CT molecular complexity index is 1190. The maximum atomic E-state index is 13.0. The van der Waals surface area contributed by atoms with Crippen LogP contribution in [0, 0.1) is 0 Å². The molecule has 3 aromatic carbocycles. The van der Waals surface area contributed by atoms with E-state index in [1.54, 1.807) is 6.07 Å². The Hall–Kier alpha value is -3.43.